The van der Waals surface area contributed by atoms with Crippen LogP contribution in [0.25, 0.3) is 0 Å². The summed E-state index contributed by atoms with van der Waals surface area (Å²) in [6, 6.07) is 6.12. The van der Waals surface area contributed by atoms with E-state index in [1.54, 1.807) is 24.3 Å². The van der Waals surface area contributed by atoms with Gasteiger partial charge in [-0.25, -0.2) is 0 Å². The number of anilines is 1. The van der Waals surface area contributed by atoms with E-state index >= 15 is 0 Å². The van der Waals surface area contributed by atoms with Crippen LogP contribution in [0.2, 0.25) is 0 Å². The summed E-state index contributed by atoms with van der Waals surface area (Å²) in [5.74, 6) is -0.523. The fraction of sp³-hybridized carbons (Fsp3) is 0.529. The summed E-state index contributed by atoms with van der Waals surface area (Å²) in [6.07, 6.45) is 2.02. The maximum atomic E-state index is 11.9. The van der Waals surface area contributed by atoms with Gasteiger partial charge in [-0.2, -0.15) is 0 Å². The summed E-state index contributed by atoms with van der Waals surface area (Å²) in [4.78, 5) is 23.6. The maximum absolute atomic E-state index is 11.9. The van der Waals surface area contributed by atoms with Crippen LogP contribution >= 0.6 is 0 Å². The van der Waals surface area contributed by atoms with Crippen LogP contribution in [-0.4, -0.2) is 30.1 Å². The van der Waals surface area contributed by atoms with Gasteiger partial charge in [0.15, 0.2) is 0 Å². The molecule has 1 atom stereocenters. The summed E-state index contributed by atoms with van der Waals surface area (Å²) in [5.41, 5.74) is 12.0. The second kappa shape index (κ2) is 8.53. The smallest absolute Gasteiger partial charge is 0.323 e. The third-order valence-corrected chi connectivity index (χ3v) is 3.11. The number of carbonyl (C=O) groups excluding carboxylic acids is 2. The second-order valence-electron chi connectivity index (χ2n) is 6.51. The van der Waals surface area contributed by atoms with Gasteiger partial charge >= 0.3 is 5.97 Å². The van der Waals surface area contributed by atoms with Crippen LogP contribution in [0.15, 0.2) is 24.3 Å². The molecule has 0 aliphatic heterocycles. The number of carbonyl (C=O) groups is 2. The Morgan fingerprint density at radius 3 is 2.35 bits per heavy atom. The minimum Gasteiger partial charge on any atom is -0.459 e. The Morgan fingerprint density at radius 1 is 1.17 bits per heavy atom. The number of hydrogen-bond donors (Lipinski definition) is 3. The van der Waals surface area contributed by atoms with Crippen molar-refractivity contribution in [1.82, 2.24) is 5.32 Å². The largest absolute Gasteiger partial charge is 0.459 e. The molecule has 0 aliphatic carbocycles. The zero-order valence-corrected chi connectivity index (χ0v) is 14.1. The molecular formula is C17H27N3O3. The Labute approximate surface area is 137 Å². The minimum atomic E-state index is -0.623. The van der Waals surface area contributed by atoms with Gasteiger partial charge in [0, 0.05) is 17.8 Å². The molecule has 0 saturated heterocycles. The molecule has 0 spiro atoms. The van der Waals surface area contributed by atoms with Gasteiger partial charge in [0.2, 0.25) is 0 Å². The number of rotatable bonds is 7. The molecule has 0 aromatic heterocycles. The van der Waals surface area contributed by atoms with Gasteiger partial charge in [-0.3, -0.25) is 9.59 Å². The summed E-state index contributed by atoms with van der Waals surface area (Å²) >= 11 is 0. The van der Waals surface area contributed by atoms with Gasteiger partial charge < -0.3 is 21.5 Å². The standard InChI is InChI=1S/C17H27N3O3/c1-17(2,3)23-16(22)14(19)6-4-5-11-20-15(21)12-7-9-13(18)10-8-12/h7-10,14H,4-6,11,18-19H2,1-3H3,(H,20,21)/t14-/m0/s1. The number of benzene rings is 1. The van der Waals surface area contributed by atoms with Crippen molar-refractivity contribution in [2.75, 3.05) is 12.3 Å². The monoisotopic (exact) mass is 321 g/mol. The van der Waals surface area contributed by atoms with E-state index in [1.165, 1.54) is 0 Å². The van der Waals surface area contributed by atoms with Crippen LogP contribution in [0.3, 0.4) is 0 Å². The zero-order chi connectivity index (χ0) is 17.5. The van der Waals surface area contributed by atoms with Crippen molar-refractivity contribution >= 4 is 17.6 Å². The predicted octanol–water partition coefficient (Wildman–Crippen LogP) is 1.84. The molecule has 0 saturated carbocycles. The highest BCUT2D eigenvalue weighted by Gasteiger charge is 2.21. The summed E-state index contributed by atoms with van der Waals surface area (Å²) in [6.45, 7) is 5.96. The average molecular weight is 321 g/mol. The Hall–Kier alpha value is -2.08. The van der Waals surface area contributed by atoms with Crippen LogP contribution in [0.4, 0.5) is 5.69 Å². The zero-order valence-electron chi connectivity index (χ0n) is 14.1. The number of amides is 1. The topological polar surface area (TPSA) is 107 Å². The van der Waals surface area contributed by atoms with Crippen molar-refractivity contribution in [3.05, 3.63) is 29.8 Å². The fourth-order valence-corrected chi connectivity index (χ4v) is 1.92. The number of esters is 1. The summed E-state index contributed by atoms with van der Waals surface area (Å²) < 4.78 is 5.22. The van der Waals surface area contributed by atoms with Crippen LogP contribution in [0.5, 0.6) is 0 Å². The van der Waals surface area contributed by atoms with Crippen molar-refractivity contribution in [3.8, 4) is 0 Å². The van der Waals surface area contributed by atoms with Gasteiger partial charge in [0.25, 0.3) is 5.91 Å². The Kier molecular flexibility index (Phi) is 7.03. The number of ether oxygens (including phenoxy) is 1. The predicted molar refractivity (Wildman–Crippen MR) is 90.9 cm³/mol. The van der Waals surface area contributed by atoms with Crippen LogP contribution in [0, 0.1) is 0 Å². The molecule has 1 aromatic rings. The SMILES string of the molecule is CC(C)(C)OC(=O)[C@@H](N)CCCCNC(=O)c1ccc(N)cc1. The van der Waals surface area contributed by atoms with Gasteiger partial charge in [-0.1, -0.05) is 0 Å². The van der Waals surface area contributed by atoms with Gasteiger partial charge in [-0.15, -0.1) is 0 Å². The summed E-state index contributed by atoms with van der Waals surface area (Å²) in [5, 5.41) is 2.82. The van der Waals surface area contributed by atoms with E-state index in [-0.39, 0.29) is 11.9 Å². The van der Waals surface area contributed by atoms with Crippen molar-refractivity contribution in [3.63, 3.8) is 0 Å². The van der Waals surface area contributed by atoms with Crippen LogP contribution in [-0.2, 0) is 9.53 Å². The van der Waals surface area contributed by atoms with E-state index in [2.05, 4.69) is 5.32 Å². The van der Waals surface area contributed by atoms with Crippen LogP contribution in [0.1, 0.15) is 50.4 Å². The number of unbranched alkanes of at least 4 members (excludes halogenated alkanes) is 1. The summed E-state index contributed by atoms with van der Waals surface area (Å²) in [7, 11) is 0. The van der Waals surface area contributed by atoms with Crippen LogP contribution < -0.4 is 16.8 Å². The van der Waals surface area contributed by atoms with E-state index in [0.29, 0.717) is 24.2 Å². The van der Waals surface area contributed by atoms with E-state index in [9.17, 15) is 9.59 Å². The molecule has 0 bridgehead atoms. The fourth-order valence-electron chi connectivity index (χ4n) is 1.92. The first-order chi connectivity index (χ1) is 10.7. The lowest BCUT2D eigenvalue weighted by Gasteiger charge is -2.22. The van der Waals surface area contributed by atoms with Crippen molar-refractivity contribution in [2.24, 2.45) is 5.73 Å². The molecule has 6 nitrogen and oxygen atoms in total. The third kappa shape index (κ3) is 7.65. The first-order valence-electron chi connectivity index (χ1n) is 7.81. The van der Waals surface area contributed by atoms with Gasteiger partial charge in [0.05, 0.1) is 0 Å². The number of nitrogens with one attached hydrogen (secondary N) is 1. The highest BCUT2D eigenvalue weighted by molar-refractivity contribution is 5.94. The first kappa shape index (κ1) is 19.0. The quantitative estimate of drug-likeness (QED) is 0.403. The second-order valence-corrected chi connectivity index (χ2v) is 6.51. The molecule has 0 fully saturated rings. The van der Waals surface area contributed by atoms with Crippen molar-refractivity contribution in [1.29, 1.82) is 0 Å². The lowest BCUT2D eigenvalue weighted by molar-refractivity contribution is -0.156. The lowest BCUT2D eigenvalue weighted by Crippen LogP contribution is -2.37. The Morgan fingerprint density at radius 2 is 1.78 bits per heavy atom. The molecular weight excluding hydrogens is 294 g/mol. The molecule has 1 amide bonds. The van der Waals surface area contributed by atoms with Gasteiger partial charge in [-0.05, 0) is 64.3 Å². The van der Waals surface area contributed by atoms with E-state index in [1.807, 2.05) is 20.8 Å². The molecule has 6 heteroatoms. The molecule has 1 rings (SSSR count). The normalized spacial score (nSPS) is 12.5. The van der Waals surface area contributed by atoms with Crippen molar-refractivity contribution in [2.45, 2.75) is 51.7 Å². The Balaban J connectivity index is 2.21. The molecule has 0 heterocycles. The molecule has 0 radical (unpaired) electrons. The molecule has 0 aliphatic rings. The maximum Gasteiger partial charge on any atom is 0.323 e. The lowest BCUT2D eigenvalue weighted by atomic mass is 10.1. The number of nitrogen functional groups attached to an aromatic ring is 1. The molecule has 5 N–H and O–H groups in total. The van der Waals surface area contributed by atoms with Gasteiger partial charge in [0.1, 0.15) is 11.6 Å². The average Bonchev–Trinajstić information content (AvgIpc) is 2.45. The molecule has 1 aromatic carbocycles. The Bertz CT molecular complexity index is 521. The number of nitrogens with two attached hydrogens (primary N) is 2. The minimum absolute atomic E-state index is 0.138. The number of hydrogen-bond acceptors (Lipinski definition) is 5. The van der Waals surface area contributed by atoms with E-state index in [0.717, 1.165) is 12.8 Å². The van der Waals surface area contributed by atoms with Crippen molar-refractivity contribution < 1.29 is 14.3 Å². The molecule has 128 valence electrons. The third-order valence-electron chi connectivity index (χ3n) is 3.11. The highest BCUT2D eigenvalue weighted by Crippen LogP contribution is 2.10. The highest BCUT2D eigenvalue weighted by atomic mass is 16.6. The van der Waals surface area contributed by atoms with E-state index < -0.39 is 11.6 Å². The molecule has 23 heavy (non-hydrogen) atoms. The first-order valence-corrected chi connectivity index (χ1v) is 7.81. The molecule has 0 unspecified atom stereocenters. The van der Waals surface area contributed by atoms with E-state index in [4.69, 9.17) is 16.2 Å².